The van der Waals surface area contributed by atoms with E-state index in [9.17, 15) is 13.5 Å². The zero-order valence-corrected chi connectivity index (χ0v) is 11.0. The Balaban J connectivity index is 2.86. The van der Waals surface area contributed by atoms with E-state index < -0.39 is 40.8 Å². The first-order valence-electron chi connectivity index (χ1n) is 5.60. The van der Waals surface area contributed by atoms with E-state index in [0.29, 0.717) is 0 Å². The van der Waals surface area contributed by atoms with Gasteiger partial charge >= 0.3 is 10.3 Å². The standard InChI is InChI=1S/C9H19NO7S/c1-3-16-9-6(4-11)17-5(2)7(8(9)12)10-18(13,14)15/h5-12H,3-4H2,1-2H3,(H,13,14,15)/t5?,6?,7-,8-,9-/m1/s1. The highest BCUT2D eigenvalue weighted by Gasteiger charge is 2.45. The molecule has 0 bridgehead atoms. The van der Waals surface area contributed by atoms with Crippen molar-refractivity contribution >= 4 is 10.3 Å². The molecule has 0 radical (unpaired) electrons. The summed E-state index contributed by atoms with van der Waals surface area (Å²) < 4.78 is 42.8. The third-order valence-corrected chi connectivity index (χ3v) is 3.36. The molecule has 9 heteroatoms. The van der Waals surface area contributed by atoms with E-state index in [-0.39, 0.29) is 13.2 Å². The molecule has 4 N–H and O–H groups in total. The third kappa shape index (κ3) is 3.85. The smallest absolute Gasteiger partial charge is 0.333 e. The summed E-state index contributed by atoms with van der Waals surface area (Å²) in [4.78, 5) is 0. The zero-order chi connectivity index (χ0) is 13.9. The minimum Gasteiger partial charge on any atom is -0.394 e. The molecule has 1 aliphatic rings. The molecule has 18 heavy (non-hydrogen) atoms. The summed E-state index contributed by atoms with van der Waals surface area (Å²) in [5.74, 6) is 0. The van der Waals surface area contributed by atoms with E-state index in [4.69, 9.17) is 19.1 Å². The second-order valence-electron chi connectivity index (χ2n) is 4.09. The van der Waals surface area contributed by atoms with Gasteiger partial charge in [0.2, 0.25) is 0 Å². The molecule has 1 aliphatic heterocycles. The highest BCUT2D eigenvalue weighted by molar-refractivity contribution is 7.83. The lowest BCUT2D eigenvalue weighted by atomic mass is 9.94. The molecular formula is C9H19NO7S. The molecule has 5 atom stereocenters. The van der Waals surface area contributed by atoms with Crippen molar-refractivity contribution in [3.8, 4) is 0 Å². The van der Waals surface area contributed by atoms with Gasteiger partial charge in [0.25, 0.3) is 0 Å². The zero-order valence-electron chi connectivity index (χ0n) is 10.2. The Kier molecular flexibility index (Phi) is 5.46. The second-order valence-corrected chi connectivity index (χ2v) is 5.28. The predicted octanol–water partition coefficient (Wildman–Crippen LogP) is -1.71. The van der Waals surface area contributed by atoms with Crippen molar-refractivity contribution < 1.29 is 32.7 Å². The van der Waals surface area contributed by atoms with Crippen molar-refractivity contribution in [1.82, 2.24) is 4.72 Å². The van der Waals surface area contributed by atoms with Crippen LogP contribution in [0.5, 0.6) is 0 Å². The maximum absolute atomic E-state index is 10.8. The summed E-state index contributed by atoms with van der Waals surface area (Å²) in [6.07, 6.45) is -3.55. The first kappa shape index (κ1) is 15.8. The molecule has 1 heterocycles. The minimum absolute atomic E-state index is 0.272. The average molecular weight is 285 g/mol. The summed E-state index contributed by atoms with van der Waals surface area (Å²) in [5, 5.41) is 19.2. The minimum atomic E-state index is -4.46. The summed E-state index contributed by atoms with van der Waals surface area (Å²) in [7, 11) is -4.46. The van der Waals surface area contributed by atoms with Crippen LogP contribution in [0, 0.1) is 0 Å². The topological polar surface area (TPSA) is 125 Å². The van der Waals surface area contributed by atoms with Gasteiger partial charge < -0.3 is 19.7 Å². The highest BCUT2D eigenvalue weighted by Crippen LogP contribution is 2.23. The van der Waals surface area contributed by atoms with E-state index in [1.165, 1.54) is 6.92 Å². The summed E-state index contributed by atoms with van der Waals surface area (Å²) >= 11 is 0. The molecule has 0 aromatic rings. The molecule has 0 amide bonds. The molecule has 1 rings (SSSR count). The third-order valence-electron chi connectivity index (χ3n) is 2.79. The van der Waals surface area contributed by atoms with Gasteiger partial charge in [0.1, 0.15) is 18.3 Å². The van der Waals surface area contributed by atoms with Gasteiger partial charge in [0, 0.05) is 6.61 Å². The Bertz CT molecular complexity index is 360. The molecule has 1 saturated heterocycles. The molecule has 0 saturated carbocycles. The summed E-state index contributed by atoms with van der Waals surface area (Å²) in [6.45, 7) is 3.14. The van der Waals surface area contributed by atoms with Gasteiger partial charge in [-0.15, -0.1) is 0 Å². The van der Waals surface area contributed by atoms with Gasteiger partial charge in [-0.2, -0.15) is 13.1 Å². The number of ether oxygens (including phenoxy) is 2. The average Bonchev–Trinajstić information content (AvgIpc) is 2.26. The van der Waals surface area contributed by atoms with Crippen LogP contribution in [0.3, 0.4) is 0 Å². The Hall–Kier alpha value is -0.290. The quantitative estimate of drug-likeness (QED) is 0.443. The van der Waals surface area contributed by atoms with Crippen LogP contribution in [0.1, 0.15) is 13.8 Å². The summed E-state index contributed by atoms with van der Waals surface area (Å²) in [5.41, 5.74) is 0. The van der Waals surface area contributed by atoms with Crippen LogP contribution in [-0.2, 0) is 19.8 Å². The van der Waals surface area contributed by atoms with Crippen LogP contribution in [-0.4, -0.2) is 66.9 Å². The molecule has 108 valence electrons. The van der Waals surface area contributed by atoms with Crippen molar-refractivity contribution in [3.63, 3.8) is 0 Å². The first-order valence-corrected chi connectivity index (χ1v) is 7.05. The van der Waals surface area contributed by atoms with E-state index in [1.807, 2.05) is 4.72 Å². The van der Waals surface area contributed by atoms with Crippen LogP contribution in [0.4, 0.5) is 0 Å². The van der Waals surface area contributed by atoms with Crippen molar-refractivity contribution in [2.24, 2.45) is 0 Å². The van der Waals surface area contributed by atoms with Gasteiger partial charge in [-0.1, -0.05) is 0 Å². The van der Waals surface area contributed by atoms with Crippen molar-refractivity contribution in [3.05, 3.63) is 0 Å². The lowest BCUT2D eigenvalue weighted by molar-refractivity contribution is -0.202. The summed E-state index contributed by atoms with van der Waals surface area (Å²) in [6, 6.07) is -1.04. The Morgan fingerprint density at radius 2 is 2.06 bits per heavy atom. The lowest BCUT2D eigenvalue weighted by Crippen LogP contribution is -2.63. The van der Waals surface area contributed by atoms with Gasteiger partial charge in [0.15, 0.2) is 0 Å². The molecule has 0 aliphatic carbocycles. The van der Waals surface area contributed by atoms with Crippen molar-refractivity contribution in [1.29, 1.82) is 0 Å². The monoisotopic (exact) mass is 285 g/mol. The Labute approximate surface area is 106 Å². The molecule has 0 aromatic carbocycles. The number of rotatable bonds is 5. The fourth-order valence-electron chi connectivity index (χ4n) is 2.02. The van der Waals surface area contributed by atoms with Crippen LogP contribution >= 0.6 is 0 Å². The maximum Gasteiger partial charge on any atom is 0.333 e. The SMILES string of the molecule is CCO[C@@H]1C(CO)OC(C)[C@@H](NS(=O)(=O)O)[C@H]1O. The van der Waals surface area contributed by atoms with E-state index in [2.05, 4.69) is 0 Å². The molecular weight excluding hydrogens is 266 g/mol. The number of hydrogen-bond donors (Lipinski definition) is 4. The number of aliphatic hydroxyl groups excluding tert-OH is 2. The molecule has 0 spiro atoms. The van der Waals surface area contributed by atoms with E-state index >= 15 is 0 Å². The molecule has 2 unspecified atom stereocenters. The van der Waals surface area contributed by atoms with E-state index in [1.54, 1.807) is 6.92 Å². The van der Waals surface area contributed by atoms with Crippen molar-refractivity contribution in [2.75, 3.05) is 13.2 Å². The van der Waals surface area contributed by atoms with Crippen LogP contribution in [0.2, 0.25) is 0 Å². The molecule has 0 aromatic heterocycles. The predicted molar refractivity (Wildman–Crippen MR) is 61.3 cm³/mol. The lowest BCUT2D eigenvalue weighted by Gasteiger charge is -2.42. The van der Waals surface area contributed by atoms with Gasteiger partial charge in [-0.05, 0) is 13.8 Å². The molecule has 8 nitrogen and oxygen atoms in total. The highest BCUT2D eigenvalue weighted by atomic mass is 32.2. The van der Waals surface area contributed by atoms with Crippen molar-refractivity contribution in [2.45, 2.75) is 44.3 Å². The number of hydrogen-bond acceptors (Lipinski definition) is 6. The van der Waals surface area contributed by atoms with Crippen LogP contribution < -0.4 is 4.72 Å². The van der Waals surface area contributed by atoms with Gasteiger partial charge in [-0.3, -0.25) is 4.55 Å². The fourth-order valence-corrected chi connectivity index (χ4v) is 2.70. The Morgan fingerprint density at radius 3 is 2.50 bits per heavy atom. The van der Waals surface area contributed by atoms with Crippen LogP contribution in [0.15, 0.2) is 0 Å². The van der Waals surface area contributed by atoms with Gasteiger partial charge in [-0.25, -0.2) is 0 Å². The molecule has 1 fully saturated rings. The largest absolute Gasteiger partial charge is 0.394 e. The Morgan fingerprint density at radius 1 is 1.44 bits per heavy atom. The number of aliphatic hydroxyl groups is 2. The first-order chi connectivity index (χ1) is 8.30. The maximum atomic E-state index is 10.8. The fraction of sp³-hybridized carbons (Fsp3) is 1.00. The second kappa shape index (κ2) is 6.24. The van der Waals surface area contributed by atoms with E-state index in [0.717, 1.165) is 0 Å². The van der Waals surface area contributed by atoms with Gasteiger partial charge in [0.05, 0.1) is 18.8 Å². The van der Waals surface area contributed by atoms with Crippen LogP contribution in [0.25, 0.3) is 0 Å². The normalized spacial score (nSPS) is 37.7. The number of nitrogens with one attached hydrogen (secondary N) is 1.